The van der Waals surface area contributed by atoms with Crippen molar-refractivity contribution < 1.29 is 4.39 Å². The second-order valence-electron chi connectivity index (χ2n) is 4.39. The Morgan fingerprint density at radius 2 is 2.00 bits per heavy atom. The van der Waals surface area contributed by atoms with Gasteiger partial charge < -0.3 is 10.6 Å². The van der Waals surface area contributed by atoms with Crippen LogP contribution in [0.4, 0.5) is 16.2 Å². The molecule has 0 fully saturated rings. The first-order valence-corrected chi connectivity index (χ1v) is 6.14. The summed E-state index contributed by atoms with van der Waals surface area (Å²) in [6.07, 6.45) is 0. The summed E-state index contributed by atoms with van der Waals surface area (Å²) < 4.78 is 13.2. The molecule has 0 amide bonds. The Labute approximate surface area is 112 Å². The number of rotatable bonds is 4. The van der Waals surface area contributed by atoms with Crippen LogP contribution in [0.25, 0.3) is 0 Å². The van der Waals surface area contributed by atoms with E-state index in [4.69, 9.17) is 0 Å². The van der Waals surface area contributed by atoms with E-state index < -0.39 is 0 Å². The van der Waals surface area contributed by atoms with Gasteiger partial charge in [-0.05, 0) is 31.5 Å². The number of benzene rings is 1. The fourth-order valence-electron chi connectivity index (χ4n) is 1.84. The Hall–Kier alpha value is -2.17. The second-order valence-corrected chi connectivity index (χ2v) is 4.39. The zero-order valence-corrected chi connectivity index (χ0v) is 11.2. The summed E-state index contributed by atoms with van der Waals surface area (Å²) in [5.74, 6) is 1.04. The molecule has 2 aromatic rings. The molecule has 1 aromatic heterocycles. The van der Waals surface area contributed by atoms with Gasteiger partial charge in [-0.3, -0.25) is 0 Å². The summed E-state index contributed by atoms with van der Waals surface area (Å²) >= 11 is 0. The molecule has 0 aliphatic heterocycles. The van der Waals surface area contributed by atoms with Crippen LogP contribution in [0.1, 0.15) is 24.2 Å². The Morgan fingerprint density at radius 1 is 1.21 bits per heavy atom. The van der Waals surface area contributed by atoms with Crippen LogP contribution in [0.2, 0.25) is 0 Å². The van der Waals surface area contributed by atoms with E-state index in [1.54, 1.807) is 13.1 Å². The van der Waals surface area contributed by atoms with Crippen LogP contribution in [-0.4, -0.2) is 17.0 Å². The molecule has 0 aliphatic carbocycles. The highest BCUT2D eigenvalue weighted by molar-refractivity contribution is 5.43. The van der Waals surface area contributed by atoms with Gasteiger partial charge in [0, 0.05) is 18.8 Å². The molecular formula is C14H17FN4. The van der Waals surface area contributed by atoms with Crippen molar-refractivity contribution in [2.24, 2.45) is 0 Å². The molecule has 0 saturated heterocycles. The van der Waals surface area contributed by atoms with E-state index in [1.165, 1.54) is 12.1 Å². The third kappa shape index (κ3) is 3.40. The lowest BCUT2D eigenvalue weighted by molar-refractivity contribution is 0.623. The molecule has 1 unspecified atom stereocenters. The lowest BCUT2D eigenvalue weighted by atomic mass is 10.1. The first kappa shape index (κ1) is 13.3. The largest absolute Gasteiger partial charge is 0.363 e. The van der Waals surface area contributed by atoms with Crippen LogP contribution in [0, 0.1) is 12.7 Å². The molecule has 1 atom stereocenters. The van der Waals surface area contributed by atoms with Gasteiger partial charge in [0.15, 0.2) is 0 Å². The van der Waals surface area contributed by atoms with Crippen molar-refractivity contribution in [3.8, 4) is 0 Å². The molecule has 0 radical (unpaired) electrons. The number of anilines is 2. The highest BCUT2D eigenvalue weighted by Crippen LogP contribution is 2.19. The zero-order valence-electron chi connectivity index (χ0n) is 11.2. The van der Waals surface area contributed by atoms with Gasteiger partial charge in [-0.15, -0.1) is 0 Å². The number of hydrogen-bond acceptors (Lipinski definition) is 4. The second kappa shape index (κ2) is 5.65. The number of aryl methyl sites for hydroxylation is 1. The Balaban J connectivity index is 2.18. The standard InChI is InChI=1S/C14H17FN4/c1-9-7-13(19-14(16-3)17-9)18-10(2)11-5-4-6-12(15)8-11/h4-8,10H,1-3H3,(H2,16,17,18,19). The smallest absolute Gasteiger partial charge is 0.224 e. The van der Waals surface area contributed by atoms with Crippen LogP contribution < -0.4 is 10.6 Å². The number of aromatic nitrogens is 2. The Bertz CT molecular complexity index is 571. The van der Waals surface area contributed by atoms with Gasteiger partial charge >= 0.3 is 0 Å². The Kier molecular flexibility index (Phi) is 3.94. The van der Waals surface area contributed by atoms with Crippen molar-refractivity contribution in [1.29, 1.82) is 0 Å². The predicted octanol–water partition coefficient (Wildman–Crippen LogP) is 3.14. The summed E-state index contributed by atoms with van der Waals surface area (Å²) in [7, 11) is 1.77. The van der Waals surface area contributed by atoms with Gasteiger partial charge in [-0.25, -0.2) is 9.37 Å². The van der Waals surface area contributed by atoms with E-state index in [2.05, 4.69) is 20.6 Å². The number of halogens is 1. The lowest BCUT2D eigenvalue weighted by Gasteiger charge is -2.16. The summed E-state index contributed by atoms with van der Waals surface area (Å²) in [4.78, 5) is 8.54. The lowest BCUT2D eigenvalue weighted by Crippen LogP contribution is -2.10. The van der Waals surface area contributed by atoms with Gasteiger partial charge in [0.25, 0.3) is 0 Å². The summed E-state index contributed by atoms with van der Waals surface area (Å²) in [5, 5.41) is 6.15. The van der Waals surface area contributed by atoms with Gasteiger partial charge in [-0.1, -0.05) is 12.1 Å². The molecule has 2 N–H and O–H groups in total. The molecule has 0 bridgehead atoms. The molecule has 100 valence electrons. The molecule has 0 aliphatic rings. The van der Waals surface area contributed by atoms with Crippen LogP contribution in [0.15, 0.2) is 30.3 Å². The normalized spacial score (nSPS) is 12.0. The maximum absolute atomic E-state index is 13.2. The predicted molar refractivity (Wildman–Crippen MR) is 74.8 cm³/mol. The number of nitrogens with zero attached hydrogens (tertiary/aromatic N) is 2. The van der Waals surface area contributed by atoms with Crippen LogP contribution in [-0.2, 0) is 0 Å². The van der Waals surface area contributed by atoms with Crippen LogP contribution in [0.3, 0.4) is 0 Å². The molecule has 0 saturated carbocycles. The first-order chi connectivity index (χ1) is 9.08. The van der Waals surface area contributed by atoms with Crippen molar-refractivity contribution in [3.05, 3.63) is 47.4 Å². The van der Waals surface area contributed by atoms with Crippen molar-refractivity contribution >= 4 is 11.8 Å². The summed E-state index contributed by atoms with van der Waals surface area (Å²) in [6.45, 7) is 3.87. The van der Waals surface area contributed by atoms with Crippen molar-refractivity contribution in [3.63, 3.8) is 0 Å². The summed E-state index contributed by atoms with van der Waals surface area (Å²) in [5.41, 5.74) is 1.75. The van der Waals surface area contributed by atoms with Gasteiger partial charge in [0.05, 0.1) is 6.04 Å². The number of hydrogen-bond donors (Lipinski definition) is 2. The molecule has 1 heterocycles. The average Bonchev–Trinajstić information content (AvgIpc) is 2.38. The van der Waals surface area contributed by atoms with Crippen molar-refractivity contribution in [2.75, 3.05) is 17.7 Å². The monoisotopic (exact) mass is 260 g/mol. The fraction of sp³-hybridized carbons (Fsp3) is 0.286. The summed E-state index contributed by atoms with van der Waals surface area (Å²) in [6, 6.07) is 8.36. The van der Waals surface area contributed by atoms with Crippen LogP contribution in [0.5, 0.6) is 0 Å². The highest BCUT2D eigenvalue weighted by Gasteiger charge is 2.08. The molecule has 2 rings (SSSR count). The minimum atomic E-state index is -0.235. The average molecular weight is 260 g/mol. The third-order valence-electron chi connectivity index (χ3n) is 2.79. The van der Waals surface area contributed by atoms with E-state index >= 15 is 0 Å². The van der Waals surface area contributed by atoms with E-state index in [-0.39, 0.29) is 11.9 Å². The van der Waals surface area contributed by atoms with Crippen molar-refractivity contribution in [2.45, 2.75) is 19.9 Å². The highest BCUT2D eigenvalue weighted by atomic mass is 19.1. The molecular weight excluding hydrogens is 243 g/mol. The zero-order chi connectivity index (χ0) is 13.8. The topological polar surface area (TPSA) is 49.8 Å². The van der Waals surface area contributed by atoms with Gasteiger partial charge in [0.1, 0.15) is 11.6 Å². The third-order valence-corrected chi connectivity index (χ3v) is 2.79. The molecule has 0 spiro atoms. The van der Waals surface area contributed by atoms with E-state index in [1.807, 2.05) is 26.0 Å². The molecule has 4 nitrogen and oxygen atoms in total. The minimum absolute atomic E-state index is 0.0327. The Morgan fingerprint density at radius 3 is 2.68 bits per heavy atom. The maximum atomic E-state index is 13.2. The van der Waals surface area contributed by atoms with Gasteiger partial charge in [-0.2, -0.15) is 4.98 Å². The first-order valence-electron chi connectivity index (χ1n) is 6.14. The maximum Gasteiger partial charge on any atom is 0.224 e. The van der Waals surface area contributed by atoms with Crippen molar-refractivity contribution in [1.82, 2.24) is 9.97 Å². The molecule has 5 heteroatoms. The quantitative estimate of drug-likeness (QED) is 0.886. The van der Waals surface area contributed by atoms with Crippen LogP contribution >= 0.6 is 0 Å². The van der Waals surface area contributed by atoms with E-state index in [0.29, 0.717) is 11.8 Å². The molecule has 19 heavy (non-hydrogen) atoms. The van der Waals surface area contributed by atoms with E-state index in [0.717, 1.165) is 11.3 Å². The van der Waals surface area contributed by atoms with E-state index in [9.17, 15) is 4.39 Å². The molecule has 1 aromatic carbocycles. The fourth-order valence-corrected chi connectivity index (χ4v) is 1.84. The van der Waals surface area contributed by atoms with Gasteiger partial charge in [0.2, 0.25) is 5.95 Å². The number of nitrogens with one attached hydrogen (secondary N) is 2. The SMILES string of the molecule is CNc1nc(C)cc(NC(C)c2cccc(F)c2)n1. The minimum Gasteiger partial charge on any atom is -0.363 e.